The topological polar surface area (TPSA) is 43.4 Å². The Hall–Kier alpha value is -1.06. The first kappa shape index (κ1) is 15.0. The van der Waals surface area contributed by atoms with Crippen molar-refractivity contribution in [1.82, 2.24) is 0 Å². The molecule has 1 rings (SSSR count). The van der Waals surface area contributed by atoms with Gasteiger partial charge < -0.3 is 4.74 Å². The molecule has 0 aliphatic rings. The fourth-order valence-electron chi connectivity index (χ4n) is 1.52. The highest BCUT2D eigenvalue weighted by Crippen LogP contribution is 2.20. The number of carbonyl (C=O) groups is 2. The quantitative estimate of drug-likeness (QED) is 0.453. The third-order valence-electron chi connectivity index (χ3n) is 2.45. The molecule has 3 nitrogen and oxygen atoms in total. The summed E-state index contributed by atoms with van der Waals surface area (Å²) in [7, 11) is 1.35. The smallest absolute Gasteiger partial charge is 0.305 e. The van der Waals surface area contributed by atoms with E-state index in [2.05, 4.69) is 4.74 Å². The van der Waals surface area contributed by atoms with E-state index in [1.165, 1.54) is 7.11 Å². The molecule has 0 bridgehead atoms. The Labute approximate surface area is 116 Å². The summed E-state index contributed by atoms with van der Waals surface area (Å²) in [5.41, 5.74) is 0.505. The molecule has 0 fully saturated rings. The number of rotatable bonds is 6. The lowest BCUT2D eigenvalue weighted by Gasteiger charge is -2.03. The SMILES string of the molecule is COC(=O)CCCCC(=O)c1cc(Cl)cc(Cl)c1. The summed E-state index contributed by atoms with van der Waals surface area (Å²) in [5, 5.41) is 0.890. The number of methoxy groups -OCH3 is 1. The van der Waals surface area contributed by atoms with E-state index in [1.807, 2.05) is 0 Å². The van der Waals surface area contributed by atoms with Crippen LogP contribution in [0.25, 0.3) is 0 Å². The van der Waals surface area contributed by atoms with Crippen molar-refractivity contribution in [2.45, 2.75) is 25.7 Å². The van der Waals surface area contributed by atoms with Crippen molar-refractivity contribution in [1.29, 1.82) is 0 Å². The second-order valence-corrected chi connectivity index (χ2v) is 4.74. The number of halogens is 2. The van der Waals surface area contributed by atoms with Crippen LogP contribution in [-0.4, -0.2) is 18.9 Å². The maximum Gasteiger partial charge on any atom is 0.305 e. The number of ether oxygens (including phenoxy) is 1. The summed E-state index contributed by atoms with van der Waals surface area (Å²) >= 11 is 11.6. The maximum absolute atomic E-state index is 11.8. The molecule has 18 heavy (non-hydrogen) atoms. The van der Waals surface area contributed by atoms with Gasteiger partial charge in [0, 0.05) is 28.5 Å². The zero-order valence-corrected chi connectivity index (χ0v) is 11.6. The Bertz CT molecular complexity index is 424. The molecule has 0 unspecified atom stereocenters. The average molecular weight is 289 g/mol. The molecule has 0 radical (unpaired) electrons. The fourth-order valence-corrected chi connectivity index (χ4v) is 2.04. The lowest BCUT2D eigenvalue weighted by Crippen LogP contribution is -2.02. The van der Waals surface area contributed by atoms with E-state index in [0.29, 0.717) is 41.3 Å². The minimum Gasteiger partial charge on any atom is -0.469 e. The summed E-state index contributed by atoms with van der Waals surface area (Å²) in [6.45, 7) is 0. The summed E-state index contributed by atoms with van der Waals surface area (Å²) in [6, 6.07) is 4.77. The van der Waals surface area contributed by atoms with Crippen LogP contribution < -0.4 is 0 Å². The molecule has 0 N–H and O–H groups in total. The molecular formula is C13H14Cl2O3. The van der Waals surface area contributed by atoms with Gasteiger partial charge in [0.1, 0.15) is 0 Å². The van der Waals surface area contributed by atoms with E-state index in [0.717, 1.165) is 0 Å². The molecule has 0 aliphatic heterocycles. The molecule has 0 atom stereocenters. The third kappa shape index (κ3) is 5.07. The lowest BCUT2D eigenvalue weighted by molar-refractivity contribution is -0.140. The van der Waals surface area contributed by atoms with Crippen LogP contribution in [0.3, 0.4) is 0 Å². The van der Waals surface area contributed by atoms with Gasteiger partial charge in [-0.05, 0) is 31.0 Å². The number of Topliss-reactive ketones (excluding diaryl/α,β-unsaturated/α-hetero) is 1. The molecule has 0 saturated heterocycles. The lowest BCUT2D eigenvalue weighted by atomic mass is 10.0. The van der Waals surface area contributed by atoms with Gasteiger partial charge in [-0.15, -0.1) is 0 Å². The van der Waals surface area contributed by atoms with E-state index < -0.39 is 0 Å². The maximum atomic E-state index is 11.8. The molecule has 1 aromatic carbocycles. The zero-order chi connectivity index (χ0) is 13.5. The van der Waals surface area contributed by atoms with Gasteiger partial charge in [0.25, 0.3) is 0 Å². The van der Waals surface area contributed by atoms with Crippen molar-refractivity contribution in [3.63, 3.8) is 0 Å². The Kier molecular flexibility index (Phi) is 6.16. The van der Waals surface area contributed by atoms with E-state index in [1.54, 1.807) is 18.2 Å². The highest BCUT2D eigenvalue weighted by atomic mass is 35.5. The molecule has 0 heterocycles. The predicted molar refractivity (Wildman–Crippen MR) is 71.3 cm³/mol. The van der Waals surface area contributed by atoms with Crippen LogP contribution >= 0.6 is 23.2 Å². The van der Waals surface area contributed by atoms with Crippen molar-refractivity contribution in [2.24, 2.45) is 0 Å². The number of ketones is 1. The van der Waals surface area contributed by atoms with Gasteiger partial charge in [0.05, 0.1) is 7.11 Å². The van der Waals surface area contributed by atoms with Crippen molar-refractivity contribution < 1.29 is 14.3 Å². The zero-order valence-electron chi connectivity index (χ0n) is 10.0. The summed E-state index contributed by atoms with van der Waals surface area (Å²) in [6.07, 6.45) is 1.97. The average Bonchev–Trinajstić information content (AvgIpc) is 2.32. The molecule has 0 spiro atoms. The van der Waals surface area contributed by atoms with E-state index in [-0.39, 0.29) is 11.8 Å². The number of benzene rings is 1. The second-order valence-electron chi connectivity index (χ2n) is 3.86. The minimum atomic E-state index is -0.256. The van der Waals surface area contributed by atoms with Crippen molar-refractivity contribution in [2.75, 3.05) is 7.11 Å². The van der Waals surface area contributed by atoms with Crippen LogP contribution in [0, 0.1) is 0 Å². The van der Waals surface area contributed by atoms with E-state index in [9.17, 15) is 9.59 Å². The predicted octanol–water partition coefficient (Wildman–Crippen LogP) is 3.91. The number of esters is 1. The molecule has 5 heteroatoms. The molecule has 0 aromatic heterocycles. The van der Waals surface area contributed by atoms with Crippen LogP contribution in [0.15, 0.2) is 18.2 Å². The fraction of sp³-hybridized carbons (Fsp3) is 0.385. The highest BCUT2D eigenvalue weighted by molar-refractivity contribution is 6.35. The first-order chi connectivity index (χ1) is 8.52. The normalized spacial score (nSPS) is 10.2. The highest BCUT2D eigenvalue weighted by Gasteiger charge is 2.08. The first-order valence-corrected chi connectivity index (χ1v) is 6.34. The second kappa shape index (κ2) is 7.39. The number of hydrogen-bond acceptors (Lipinski definition) is 3. The van der Waals surface area contributed by atoms with Crippen molar-refractivity contribution in [3.05, 3.63) is 33.8 Å². The molecule has 1 aromatic rings. The van der Waals surface area contributed by atoms with Crippen LogP contribution in [0.5, 0.6) is 0 Å². The summed E-state index contributed by atoms with van der Waals surface area (Å²) < 4.78 is 4.51. The summed E-state index contributed by atoms with van der Waals surface area (Å²) in [5.74, 6) is -0.280. The van der Waals surface area contributed by atoms with Gasteiger partial charge in [0.15, 0.2) is 5.78 Å². The monoisotopic (exact) mass is 288 g/mol. The van der Waals surface area contributed by atoms with Gasteiger partial charge in [-0.3, -0.25) is 9.59 Å². The largest absolute Gasteiger partial charge is 0.469 e. The molecule has 98 valence electrons. The van der Waals surface area contributed by atoms with Crippen molar-refractivity contribution in [3.8, 4) is 0 Å². The molecule has 0 amide bonds. The standard InChI is InChI=1S/C13H14Cl2O3/c1-18-13(17)5-3-2-4-12(16)9-6-10(14)8-11(15)7-9/h6-8H,2-5H2,1H3. The number of carbonyl (C=O) groups excluding carboxylic acids is 2. The Morgan fingerprint density at radius 1 is 1.06 bits per heavy atom. The van der Waals surface area contributed by atoms with Gasteiger partial charge in [-0.2, -0.15) is 0 Å². The summed E-state index contributed by atoms with van der Waals surface area (Å²) in [4.78, 5) is 22.7. The van der Waals surface area contributed by atoms with Crippen LogP contribution in [0.1, 0.15) is 36.0 Å². The van der Waals surface area contributed by atoms with Crippen LogP contribution in [-0.2, 0) is 9.53 Å². The van der Waals surface area contributed by atoms with E-state index in [4.69, 9.17) is 23.2 Å². The van der Waals surface area contributed by atoms with Crippen LogP contribution in [0.4, 0.5) is 0 Å². The van der Waals surface area contributed by atoms with Gasteiger partial charge >= 0.3 is 5.97 Å². The van der Waals surface area contributed by atoms with Crippen LogP contribution in [0.2, 0.25) is 10.0 Å². The van der Waals surface area contributed by atoms with Gasteiger partial charge in [0.2, 0.25) is 0 Å². The van der Waals surface area contributed by atoms with Crippen molar-refractivity contribution >= 4 is 35.0 Å². The van der Waals surface area contributed by atoms with E-state index >= 15 is 0 Å². The molecule has 0 saturated carbocycles. The Morgan fingerprint density at radius 3 is 2.17 bits per heavy atom. The molecule has 0 aliphatic carbocycles. The Balaban J connectivity index is 2.43. The van der Waals surface area contributed by atoms with Gasteiger partial charge in [-0.1, -0.05) is 23.2 Å². The van der Waals surface area contributed by atoms with Gasteiger partial charge in [-0.25, -0.2) is 0 Å². The molecular weight excluding hydrogens is 275 g/mol. The Morgan fingerprint density at radius 2 is 1.61 bits per heavy atom. The number of unbranched alkanes of at least 4 members (excludes halogenated alkanes) is 1. The first-order valence-electron chi connectivity index (χ1n) is 5.59. The minimum absolute atomic E-state index is 0.0238. The third-order valence-corrected chi connectivity index (χ3v) is 2.88. The number of hydrogen-bond donors (Lipinski definition) is 0.